The number of halogens is 1. The molecule has 1 saturated heterocycles. The molecule has 2 aromatic rings. The van der Waals surface area contributed by atoms with Crippen LogP contribution in [0, 0.1) is 13.8 Å². The fraction of sp³-hybridized carbons (Fsp3) is 0.526. The van der Waals surface area contributed by atoms with Crippen LogP contribution in [0.5, 0.6) is 0 Å². The molecule has 1 aromatic carbocycles. The quantitative estimate of drug-likeness (QED) is 0.478. The van der Waals surface area contributed by atoms with E-state index in [0.717, 1.165) is 48.1 Å². The minimum atomic E-state index is -3.56. The molecule has 1 fully saturated rings. The molecule has 1 aliphatic rings. The van der Waals surface area contributed by atoms with Crippen molar-refractivity contribution in [3.05, 3.63) is 40.7 Å². The van der Waals surface area contributed by atoms with Crippen LogP contribution in [-0.4, -0.2) is 61.3 Å². The summed E-state index contributed by atoms with van der Waals surface area (Å²) in [6.07, 6.45) is 1.85. The van der Waals surface area contributed by atoms with E-state index in [2.05, 4.69) is 10.1 Å². The molecule has 6 nitrogen and oxygen atoms in total. The zero-order valence-electron chi connectivity index (χ0n) is 16.2. The van der Waals surface area contributed by atoms with Crippen LogP contribution in [-0.2, 0) is 10.0 Å². The first kappa shape index (κ1) is 21.6. The van der Waals surface area contributed by atoms with E-state index in [-0.39, 0.29) is 4.90 Å². The SMILES string of the molecule is Cc1noc(C)c1S(=O)(=O)N1CCCN(CCCSc2ccccc2Cl)CC1. The highest BCUT2D eigenvalue weighted by Gasteiger charge is 2.32. The average molecular weight is 444 g/mol. The van der Waals surface area contributed by atoms with Crippen LogP contribution in [0.3, 0.4) is 0 Å². The van der Waals surface area contributed by atoms with Crippen LogP contribution < -0.4 is 0 Å². The highest BCUT2D eigenvalue weighted by molar-refractivity contribution is 7.99. The summed E-state index contributed by atoms with van der Waals surface area (Å²) in [4.78, 5) is 3.67. The van der Waals surface area contributed by atoms with Gasteiger partial charge < -0.3 is 9.42 Å². The van der Waals surface area contributed by atoms with Crippen LogP contribution in [0.1, 0.15) is 24.3 Å². The average Bonchev–Trinajstić information content (AvgIpc) is 2.86. The first-order valence-electron chi connectivity index (χ1n) is 9.42. The van der Waals surface area contributed by atoms with Crippen LogP contribution in [0.4, 0.5) is 0 Å². The van der Waals surface area contributed by atoms with E-state index in [1.54, 1.807) is 29.9 Å². The van der Waals surface area contributed by atoms with Crippen LogP contribution in [0.25, 0.3) is 0 Å². The molecule has 1 aromatic heterocycles. The summed E-state index contributed by atoms with van der Waals surface area (Å²) in [5.74, 6) is 1.34. The van der Waals surface area contributed by atoms with Gasteiger partial charge >= 0.3 is 0 Å². The first-order chi connectivity index (χ1) is 13.4. The Morgan fingerprint density at radius 1 is 1.18 bits per heavy atom. The maximum absolute atomic E-state index is 13.0. The maximum Gasteiger partial charge on any atom is 0.248 e. The maximum atomic E-state index is 13.0. The number of aromatic nitrogens is 1. The Hall–Kier alpha value is -1.06. The molecule has 0 unspecified atom stereocenters. The smallest absolute Gasteiger partial charge is 0.248 e. The Labute approximate surface area is 176 Å². The van der Waals surface area contributed by atoms with Gasteiger partial charge in [-0.1, -0.05) is 28.9 Å². The molecule has 0 amide bonds. The molecular weight excluding hydrogens is 418 g/mol. The minimum absolute atomic E-state index is 0.220. The van der Waals surface area contributed by atoms with Crippen molar-refractivity contribution in [2.24, 2.45) is 0 Å². The van der Waals surface area contributed by atoms with Gasteiger partial charge in [0.1, 0.15) is 10.6 Å². The van der Waals surface area contributed by atoms with Crippen molar-refractivity contribution in [3.8, 4) is 0 Å². The van der Waals surface area contributed by atoms with Gasteiger partial charge in [0, 0.05) is 24.5 Å². The lowest BCUT2D eigenvalue weighted by atomic mass is 10.3. The van der Waals surface area contributed by atoms with Gasteiger partial charge in [0.15, 0.2) is 5.76 Å². The van der Waals surface area contributed by atoms with Gasteiger partial charge in [-0.15, -0.1) is 11.8 Å². The standard InChI is InChI=1S/C19H26ClN3O3S2/c1-15-19(16(2)26-21-15)28(24,25)23-11-5-9-22(12-13-23)10-6-14-27-18-8-4-3-7-17(18)20/h3-4,7-8H,5-6,9-14H2,1-2H3. The summed E-state index contributed by atoms with van der Waals surface area (Å²) in [5, 5.41) is 4.59. The van der Waals surface area contributed by atoms with Crippen LogP contribution in [0.2, 0.25) is 5.02 Å². The largest absolute Gasteiger partial charge is 0.360 e. The topological polar surface area (TPSA) is 66.7 Å². The molecule has 1 aliphatic heterocycles. The van der Waals surface area contributed by atoms with Crippen molar-refractivity contribution in [1.29, 1.82) is 0 Å². The normalized spacial score (nSPS) is 17.0. The minimum Gasteiger partial charge on any atom is -0.360 e. The van der Waals surface area contributed by atoms with Gasteiger partial charge in [0.25, 0.3) is 0 Å². The van der Waals surface area contributed by atoms with E-state index in [0.29, 0.717) is 24.5 Å². The van der Waals surface area contributed by atoms with E-state index >= 15 is 0 Å². The van der Waals surface area contributed by atoms with E-state index in [4.69, 9.17) is 16.1 Å². The van der Waals surface area contributed by atoms with E-state index in [9.17, 15) is 8.42 Å². The van der Waals surface area contributed by atoms with Gasteiger partial charge in [-0.25, -0.2) is 8.42 Å². The van der Waals surface area contributed by atoms with E-state index in [1.807, 2.05) is 24.3 Å². The van der Waals surface area contributed by atoms with Crippen molar-refractivity contribution in [2.45, 2.75) is 36.5 Å². The second kappa shape index (κ2) is 9.63. The number of nitrogens with zero attached hydrogens (tertiary/aromatic N) is 3. The molecule has 2 heterocycles. The number of thioether (sulfide) groups is 1. The molecule has 0 bridgehead atoms. The third kappa shape index (κ3) is 5.10. The highest BCUT2D eigenvalue weighted by Crippen LogP contribution is 2.27. The Balaban J connectivity index is 1.50. The van der Waals surface area contributed by atoms with E-state index in [1.165, 1.54) is 0 Å². The third-order valence-electron chi connectivity index (χ3n) is 4.83. The first-order valence-corrected chi connectivity index (χ1v) is 12.2. The van der Waals surface area contributed by atoms with Gasteiger partial charge in [0.05, 0.1) is 5.02 Å². The van der Waals surface area contributed by atoms with Gasteiger partial charge in [0.2, 0.25) is 10.0 Å². The highest BCUT2D eigenvalue weighted by atomic mass is 35.5. The number of hydrogen-bond acceptors (Lipinski definition) is 6. The molecule has 0 atom stereocenters. The second-order valence-corrected chi connectivity index (χ2v) is 10.3. The van der Waals surface area contributed by atoms with Crippen LogP contribution >= 0.6 is 23.4 Å². The number of benzene rings is 1. The van der Waals surface area contributed by atoms with Crippen molar-refractivity contribution < 1.29 is 12.9 Å². The monoisotopic (exact) mass is 443 g/mol. The number of sulfonamides is 1. The molecule has 0 aliphatic carbocycles. The Bertz CT molecular complexity index is 882. The lowest BCUT2D eigenvalue weighted by molar-refractivity contribution is 0.288. The summed E-state index contributed by atoms with van der Waals surface area (Å²) in [6.45, 7) is 6.93. The second-order valence-electron chi connectivity index (χ2n) is 6.89. The van der Waals surface area contributed by atoms with Crippen molar-refractivity contribution >= 4 is 33.4 Å². The molecular formula is C19H26ClN3O3S2. The molecule has 28 heavy (non-hydrogen) atoms. The van der Waals surface area contributed by atoms with Gasteiger partial charge in [-0.05, 0) is 57.7 Å². The summed E-state index contributed by atoms with van der Waals surface area (Å²) in [5.41, 5.74) is 0.426. The molecule has 0 N–H and O–H groups in total. The predicted octanol–water partition coefficient (Wildman–Crippen LogP) is 3.82. The summed E-state index contributed by atoms with van der Waals surface area (Å²) in [6, 6.07) is 7.88. The Kier molecular flexibility index (Phi) is 7.44. The number of rotatable bonds is 7. The van der Waals surface area contributed by atoms with Crippen molar-refractivity contribution in [2.75, 3.05) is 38.5 Å². The fourth-order valence-corrected chi connectivity index (χ4v) is 6.35. The zero-order valence-corrected chi connectivity index (χ0v) is 18.6. The number of aryl methyl sites for hydroxylation is 2. The Morgan fingerprint density at radius 3 is 2.68 bits per heavy atom. The molecule has 9 heteroatoms. The van der Waals surface area contributed by atoms with Crippen LogP contribution in [0.15, 0.2) is 38.6 Å². The number of hydrogen-bond donors (Lipinski definition) is 0. The lowest BCUT2D eigenvalue weighted by Crippen LogP contribution is -2.36. The molecule has 154 valence electrons. The Morgan fingerprint density at radius 2 is 1.96 bits per heavy atom. The zero-order chi connectivity index (χ0) is 20.1. The van der Waals surface area contributed by atoms with E-state index < -0.39 is 10.0 Å². The summed E-state index contributed by atoms with van der Waals surface area (Å²) < 4.78 is 32.6. The third-order valence-corrected chi connectivity index (χ3v) is 8.57. The molecule has 3 rings (SSSR count). The molecule has 0 radical (unpaired) electrons. The van der Waals surface area contributed by atoms with Gasteiger partial charge in [-0.3, -0.25) is 0 Å². The molecule has 0 saturated carbocycles. The van der Waals surface area contributed by atoms with Crippen molar-refractivity contribution in [1.82, 2.24) is 14.4 Å². The predicted molar refractivity (Wildman–Crippen MR) is 113 cm³/mol. The summed E-state index contributed by atoms with van der Waals surface area (Å²) >= 11 is 7.96. The van der Waals surface area contributed by atoms with Gasteiger partial charge in [-0.2, -0.15) is 4.31 Å². The van der Waals surface area contributed by atoms with Crippen molar-refractivity contribution in [3.63, 3.8) is 0 Å². The fourth-order valence-electron chi connectivity index (χ4n) is 3.42. The lowest BCUT2D eigenvalue weighted by Gasteiger charge is -2.21. The molecule has 0 spiro atoms. The summed E-state index contributed by atoms with van der Waals surface area (Å²) in [7, 11) is -3.56.